The summed E-state index contributed by atoms with van der Waals surface area (Å²) in [5.74, 6) is 0. The molecule has 0 saturated heterocycles. The molecule has 2 aromatic heterocycles. The maximum Gasteiger partial charge on any atom is 0.315 e. The van der Waals surface area contributed by atoms with E-state index >= 15 is 0 Å². The van der Waals surface area contributed by atoms with Crippen LogP contribution >= 0.6 is 0 Å². The maximum absolute atomic E-state index is 11.9. The molecular weight excluding hydrogens is 292 g/mol. The molecule has 126 valence electrons. The van der Waals surface area contributed by atoms with Gasteiger partial charge in [0.1, 0.15) is 5.65 Å². The number of pyridine rings is 1. The van der Waals surface area contributed by atoms with E-state index < -0.39 is 0 Å². The fourth-order valence-electron chi connectivity index (χ4n) is 2.71. The average Bonchev–Trinajstić information content (AvgIpc) is 2.86. The second-order valence-electron chi connectivity index (χ2n) is 6.88. The molecule has 6 heteroatoms. The molecule has 0 aliphatic heterocycles. The highest BCUT2D eigenvalue weighted by Crippen LogP contribution is 2.20. The van der Waals surface area contributed by atoms with E-state index in [-0.39, 0.29) is 17.6 Å². The summed E-state index contributed by atoms with van der Waals surface area (Å²) >= 11 is 0. The summed E-state index contributed by atoms with van der Waals surface area (Å²) in [6.45, 7) is 8.70. The Morgan fingerprint density at radius 2 is 2.13 bits per heavy atom. The Kier molecular flexibility index (Phi) is 5.26. The van der Waals surface area contributed by atoms with Gasteiger partial charge < -0.3 is 20.1 Å². The molecule has 0 spiro atoms. The highest BCUT2D eigenvalue weighted by Gasteiger charge is 2.21. The van der Waals surface area contributed by atoms with E-state index in [0.717, 1.165) is 17.0 Å². The van der Waals surface area contributed by atoms with E-state index in [2.05, 4.69) is 15.6 Å². The topological polar surface area (TPSA) is 78.7 Å². The van der Waals surface area contributed by atoms with Crippen LogP contribution in [0.1, 0.15) is 38.6 Å². The van der Waals surface area contributed by atoms with Crippen LogP contribution in [-0.4, -0.2) is 33.2 Å². The number of nitrogens with zero attached hydrogens (tertiary/aromatic N) is 2. The third-order valence-electron chi connectivity index (χ3n) is 3.75. The Labute approximate surface area is 136 Å². The molecule has 0 aliphatic rings. The molecule has 6 nitrogen and oxygen atoms in total. The van der Waals surface area contributed by atoms with Crippen LogP contribution < -0.4 is 10.6 Å². The Morgan fingerprint density at radius 1 is 1.39 bits per heavy atom. The number of aliphatic hydroxyl groups excluding tert-OH is 1. The van der Waals surface area contributed by atoms with Gasteiger partial charge in [-0.1, -0.05) is 19.9 Å². The molecule has 2 rings (SSSR count). The molecule has 0 radical (unpaired) electrons. The standard InChI is InChI=1S/C17H26N4O2/c1-12-6-5-7-15-20-14(10-21(12)15)9-18-16(23)19-11-17(3,4)8-13(2)22/h5-7,10,13,22H,8-9,11H2,1-4H3,(H2,18,19,23). The third-order valence-corrected chi connectivity index (χ3v) is 3.75. The molecule has 0 bridgehead atoms. The van der Waals surface area contributed by atoms with Crippen molar-refractivity contribution >= 4 is 11.7 Å². The van der Waals surface area contributed by atoms with E-state index in [4.69, 9.17) is 0 Å². The van der Waals surface area contributed by atoms with Crippen LogP contribution in [0.3, 0.4) is 0 Å². The average molecular weight is 318 g/mol. The number of carbonyl (C=O) groups is 1. The van der Waals surface area contributed by atoms with Crippen molar-refractivity contribution in [3.63, 3.8) is 0 Å². The minimum absolute atomic E-state index is 0.147. The van der Waals surface area contributed by atoms with Crippen LogP contribution in [0.15, 0.2) is 24.4 Å². The van der Waals surface area contributed by atoms with Gasteiger partial charge >= 0.3 is 6.03 Å². The van der Waals surface area contributed by atoms with Crippen LogP contribution in [0, 0.1) is 12.3 Å². The van der Waals surface area contributed by atoms with Crippen molar-refractivity contribution in [3.05, 3.63) is 35.8 Å². The van der Waals surface area contributed by atoms with Crippen molar-refractivity contribution < 1.29 is 9.90 Å². The number of imidazole rings is 1. The summed E-state index contributed by atoms with van der Waals surface area (Å²) in [6.07, 6.45) is 2.19. The molecule has 0 fully saturated rings. The first-order valence-electron chi connectivity index (χ1n) is 7.90. The first-order chi connectivity index (χ1) is 10.8. The summed E-state index contributed by atoms with van der Waals surface area (Å²) in [5.41, 5.74) is 2.65. The molecule has 0 aromatic carbocycles. The van der Waals surface area contributed by atoms with E-state index in [9.17, 15) is 9.90 Å². The zero-order valence-electron chi connectivity index (χ0n) is 14.3. The van der Waals surface area contributed by atoms with Gasteiger partial charge in [-0.2, -0.15) is 0 Å². The summed E-state index contributed by atoms with van der Waals surface area (Å²) < 4.78 is 2.00. The lowest BCUT2D eigenvalue weighted by molar-refractivity contribution is 0.129. The Morgan fingerprint density at radius 3 is 2.78 bits per heavy atom. The molecule has 0 aliphatic carbocycles. The molecule has 23 heavy (non-hydrogen) atoms. The minimum Gasteiger partial charge on any atom is -0.393 e. The molecule has 0 saturated carbocycles. The quantitative estimate of drug-likeness (QED) is 0.764. The Hall–Kier alpha value is -2.08. The number of aryl methyl sites for hydroxylation is 1. The van der Waals surface area contributed by atoms with Gasteiger partial charge in [0.25, 0.3) is 0 Å². The lowest BCUT2D eigenvalue weighted by Crippen LogP contribution is -2.41. The van der Waals surface area contributed by atoms with Crippen LogP contribution in [0.25, 0.3) is 5.65 Å². The lowest BCUT2D eigenvalue weighted by atomic mass is 9.87. The van der Waals surface area contributed by atoms with Gasteiger partial charge in [0.05, 0.1) is 18.3 Å². The second kappa shape index (κ2) is 7.00. The number of amides is 2. The molecule has 2 aromatic rings. The monoisotopic (exact) mass is 318 g/mol. The van der Waals surface area contributed by atoms with Crippen LogP contribution in [-0.2, 0) is 6.54 Å². The van der Waals surface area contributed by atoms with E-state index in [1.807, 2.05) is 49.6 Å². The van der Waals surface area contributed by atoms with Gasteiger partial charge in [-0.25, -0.2) is 9.78 Å². The normalized spacial score (nSPS) is 13.1. The summed E-state index contributed by atoms with van der Waals surface area (Å²) in [5, 5.41) is 15.1. The predicted octanol–water partition coefficient (Wildman–Crippen LogP) is 2.24. The van der Waals surface area contributed by atoms with Gasteiger partial charge in [-0.15, -0.1) is 0 Å². The van der Waals surface area contributed by atoms with Gasteiger partial charge in [0.2, 0.25) is 0 Å². The zero-order chi connectivity index (χ0) is 17.0. The summed E-state index contributed by atoms with van der Waals surface area (Å²) in [7, 11) is 0. The van der Waals surface area contributed by atoms with Crippen LogP contribution in [0.5, 0.6) is 0 Å². The number of hydrogen-bond acceptors (Lipinski definition) is 3. The van der Waals surface area contributed by atoms with Crippen molar-refractivity contribution in [1.82, 2.24) is 20.0 Å². The number of aromatic nitrogens is 2. The number of carbonyl (C=O) groups excluding carboxylic acids is 1. The van der Waals surface area contributed by atoms with Gasteiger partial charge in [-0.3, -0.25) is 0 Å². The number of nitrogens with one attached hydrogen (secondary N) is 2. The highest BCUT2D eigenvalue weighted by atomic mass is 16.3. The van der Waals surface area contributed by atoms with Crippen molar-refractivity contribution in [2.75, 3.05) is 6.54 Å². The van der Waals surface area contributed by atoms with Gasteiger partial charge in [0.15, 0.2) is 0 Å². The lowest BCUT2D eigenvalue weighted by Gasteiger charge is -2.26. The third kappa shape index (κ3) is 4.96. The Bertz CT molecular complexity index is 676. The SMILES string of the molecule is Cc1cccc2nc(CNC(=O)NCC(C)(C)CC(C)O)cn12. The molecule has 1 atom stereocenters. The van der Waals surface area contributed by atoms with E-state index in [1.165, 1.54) is 0 Å². The molecule has 1 unspecified atom stereocenters. The first-order valence-corrected chi connectivity index (χ1v) is 7.90. The van der Waals surface area contributed by atoms with Crippen molar-refractivity contribution in [1.29, 1.82) is 0 Å². The van der Waals surface area contributed by atoms with E-state index in [1.54, 1.807) is 6.92 Å². The number of rotatable bonds is 6. The summed E-state index contributed by atoms with van der Waals surface area (Å²) in [4.78, 5) is 16.4. The molecule has 3 N–H and O–H groups in total. The highest BCUT2D eigenvalue weighted by molar-refractivity contribution is 5.73. The largest absolute Gasteiger partial charge is 0.393 e. The minimum atomic E-state index is -0.379. The fraction of sp³-hybridized carbons (Fsp3) is 0.529. The summed E-state index contributed by atoms with van der Waals surface area (Å²) in [6, 6.07) is 5.70. The maximum atomic E-state index is 11.9. The Balaban J connectivity index is 1.85. The zero-order valence-corrected chi connectivity index (χ0v) is 14.3. The van der Waals surface area contributed by atoms with Crippen molar-refractivity contribution in [2.45, 2.75) is 46.8 Å². The smallest absolute Gasteiger partial charge is 0.315 e. The van der Waals surface area contributed by atoms with Crippen LogP contribution in [0.4, 0.5) is 4.79 Å². The molecule has 2 amide bonds. The number of urea groups is 1. The van der Waals surface area contributed by atoms with Crippen molar-refractivity contribution in [3.8, 4) is 0 Å². The molecule has 2 heterocycles. The number of aliphatic hydroxyl groups is 1. The van der Waals surface area contributed by atoms with E-state index in [0.29, 0.717) is 19.5 Å². The number of hydrogen-bond donors (Lipinski definition) is 3. The van der Waals surface area contributed by atoms with Crippen LogP contribution in [0.2, 0.25) is 0 Å². The predicted molar refractivity (Wildman–Crippen MR) is 90.2 cm³/mol. The second-order valence-corrected chi connectivity index (χ2v) is 6.88. The molecular formula is C17H26N4O2. The number of fused-ring (bicyclic) bond motifs is 1. The van der Waals surface area contributed by atoms with Gasteiger partial charge in [-0.05, 0) is 37.8 Å². The van der Waals surface area contributed by atoms with Crippen molar-refractivity contribution in [2.24, 2.45) is 5.41 Å². The first kappa shape index (κ1) is 17.3. The van der Waals surface area contributed by atoms with Gasteiger partial charge in [0, 0.05) is 18.4 Å². The fourth-order valence-corrected chi connectivity index (χ4v) is 2.71.